The number of aromatic amines is 1. The number of nitrogens with zero attached hydrogens (tertiary/aromatic N) is 3. The molecule has 2 N–H and O–H groups in total. The Morgan fingerprint density at radius 1 is 1.08 bits per heavy atom. The summed E-state index contributed by atoms with van der Waals surface area (Å²) >= 11 is 0. The van der Waals surface area contributed by atoms with Gasteiger partial charge in [0, 0.05) is 5.56 Å². The lowest BCUT2D eigenvalue weighted by Crippen LogP contribution is -2.16. The molecule has 0 aliphatic rings. The van der Waals surface area contributed by atoms with Crippen molar-refractivity contribution in [3.05, 3.63) is 105 Å². The third-order valence-corrected chi connectivity index (χ3v) is 5.30. The molecule has 0 aliphatic heterocycles. The fourth-order valence-electron chi connectivity index (χ4n) is 3.49. The van der Waals surface area contributed by atoms with E-state index in [0.29, 0.717) is 28.2 Å². The van der Waals surface area contributed by atoms with Crippen LogP contribution in [0.4, 0.5) is 19.1 Å². The Kier molecular flexibility index (Phi) is 7.72. The summed E-state index contributed by atoms with van der Waals surface area (Å²) in [5, 5.41) is 13.4. The Bertz CT molecular complexity index is 1560. The molecule has 0 spiro atoms. The minimum absolute atomic E-state index is 0.0390. The zero-order valence-corrected chi connectivity index (χ0v) is 19.9. The quantitative estimate of drug-likeness (QED) is 0.239. The highest BCUT2D eigenvalue weighted by Crippen LogP contribution is 2.31. The van der Waals surface area contributed by atoms with E-state index in [1.807, 2.05) is 12.1 Å². The van der Waals surface area contributed by atoms with Crippen molar-refractivity contribution < 1.29 is 22.6 Å². The molecular formula is C27H20F3N5O3. The van der Waals surface area contributed by atoms with Crippen LogP contribution in [0.5, 0.6) is 11.5 Å². The SMILES string of the molecule is COc1cc(C=NNc2nc(-c3ccccc3)c(C#N)c(=O)[nH]2)ccc1OCc1cccc(C(F)(F)F)c1. The van der Waals surface area contributed by atoms with E-state index in [-0.39, 0.29) is 23.8 Å². The number of ether oxygens (including phenoxy) is 2. The molecule has 0 aliphatic carbocycles. The molecule has 1 heterocycles. The number of alkyl halides is 3. The predicted octanol–water partition coefficient (Wildman–Crippen LogP) is 5.36. The van der Waals surface area contributed by atoms with Crippen LogP contribution in [0.2, 0.25) is 0 Å². The van der Waals surface area contributed by atoms with E-state index in [1.165, 1.54) is 19.4 Å². The maximum absolute atomic E-state index is 12.9. The Morgan fingerprint density at radius 3 is 2.58 bits per heavy atom. The summed E-state index contributed by atoms with van der Waals surface area (Å²) in [4.78, 5) is 19.1. The molecule has 0 bridgehead atoms. The minimum Gasteiger partial charge on any atom is -0.493 e. The molecule has 3 aromatic carbocycles. The standard InChI is InChI=1S/C27H20F3N5O3/c1-37-23-13-17(10-11-22(23)38-16-18-6-5-9-20(12-18)27(28,29)30)15-32-35-26-33-24(19-7-3-2-4-8-19)21(14-31)25(36)34-26/h2-13,15H,16H2,1H3,(H2,33,34,35,36). The lowest BCUT2D eigenvalue weighted by molar-refractivity contribution is -0.137. The number of aromatic nitrogens is 2. The molecule has 4 rings (SSSR count). The molecular weight excluding hydrogens is 499 g/mol. The second-order valence-electron chi connectivity index (χ2n) is 7.88. The Hall–Kier alpha value is -5.11. The highest BCUT2D eigenvalue weighted by molar-refractivity contribution is 5.81. The first-order valence-corrected chi connectivity index (χ1v) is 11.1. The number of hydrogen-bond acceptors (Lipinski definition) is 7. The average Bonchev–Trinajstić information content (AvgIpc) is 2.92. The van der Waals surface area contributed by atoms with Gasteiger partial charge in [-0.25, -0.2) is 10.4 Å². The normalized spacial score (nSPS) is 11.2. The van der Waals surface area contributed by atoms with Gasteiger partial charge in [-0.05, 0) is 41.5 Å². The molecule has 0 saturated carbocycles. The molecule has 4 aromatic rings. The van der Waals surface area contributed by atoms with Gasteiger partial charge in [0.15, 0.2) is 11.5 Å². The van der Waals surface area contributed by atoms with Gasteiger partial charge in [0.2, 0.25) is 5.95 Å². The van der Waals surface area contributed by atoms with Crippen LogP contribution in [-0.2, 0) is 12.8 Å². The van der Waals surface area contributed by atoms with Crippen LogP contribution in [0.1, 0.15) is 22.3 Å². The van der Waals surface area contributed by atoms with Crippen LogP contribution in [0.3, 0.4) is 0 Å². The number of H-pyrrole nitrogens is 1. The van der Waals surface area contributed by atoms with Crippen LogP contribution in [0.15, 0.2) is 82.7 Å². The second kappa shape index (κ2) is 11.3. The largest absolute Gasteiger partial charge is 0.493 e. The van der Waals surface area contributed by atoms with E-state index >= 15 is 0 Å². The molecule has 1 aromatic heterocycles. The third kappa shape index (κ3) is 6.17. The van der Waals surface area contributed by atoms with Gasteiger partial charge in [-0.3, -0.25) is 9.78 Å². The number of hydrazone groups is 1. The van der Waals surface area contributed by atoms with Gasteiger partial charge in [0.25, 0.3) is 5.56 Å². The summed E-state index contributed by atoms with van der Waals surface area (Å²) in [7, 11) is 1.43. The maximum Gasteiger partial charge on any atom is 0.416 e. The van der Waals surface area contributed by atoms with Crippen LogP contribution in [-0.4, -0.2) is 23.3 Å². The van der Waals surface area contributed by atoms with Crippen molar-refractivity contribution in [1.82, 2.24) is 9.97 Å². The second-order valence-corrected chi connectivity index (χ2v) is 7.88. The van der Waals surface area contributed by atoms with Gasteiger partial charge >= 0.3 is 6.18 Å². The number of nitrogens with one attached hydrogen (secondary N) is 2. The first-order chi connectivity index (χ1) is 18.3. The summed E-state index contributed by atoms with van der Waals surface area (Å²) in [6, 6.07) is 20.5. The molecule has 0 saturated heterocycles. The Morgan fingerprint density at radius 2 is 1.87 bits per heavy atom. The number of nitriles is 1. The molecule has 0 atom stereocenters. The highest BCUT2D eigenvalue weighted by atomic mass is 19.4. The number of benzene rings is 3. The number of hydrogen-bond donors (Lipinski definition) is 2. The third-order valence-electron chi connectivity index (χ3n) is 5.30. The van der Waals surface area contributed by atoms with Crippen molar-refractivity contribution in [2.45, 2.75) is 12.8 Å². The zero-order chi connectivity index (χ0) is 27.1. The zero-order valence-electron chi connectivity index (χ0n) is 19.9. The van der Waals surface area contributed by atoms with E-state index in [2.05, 4.69) is 20.5 Å². The lowest BCUT2D eigenvalue weighted by Gasteiger charge is -2.13. The molecule has 192 valence electrons. The van der Waals surface area contributed by atoms with Gasteiger partial charge in [-0.2, -0.15) is 23.5 Å². The molecule has 11 heteroatoms. The average molecular weight is 519 g/mol. The van der Waals surface area contributed by atoms with Crippen LogP contribution in [0, 0.1) is 11.3 Å². The van der Waals surface area contributed by atoms with Gasteiger partial charge in [0.1, 0.15) is 18.2 Å². The van der Waals surface area contributed by atoms with Crippen molar-refractivity contribution in [2.75, 3.05) is 12.5 Å². The van der Waals surface area contributed by atoms with E-state index in [0.717, 1.165) is 12.1 Å². The number of anilines is 1. The van der Waals surface area contributed by atoms with Crippen molar-refractivity contribution in [2.24, 2.45) is 5.10 Å². The van der Waals surface area contributed by atoms with Crippen molar-refractivity contribution in [1.29, 1.82) is 5.26 Å². The number of halogens is 3. The summed E-state index contributed by atoms with van der Waals surface area (Å²) < 4.78 is 49.8. The molecule has 0 radical (unpaired) electrons. The minimum atomic E-state index is -4.44. The Balaban J connectivity index is 1.47. The summed E-state index contributed by atoms with van der Waals surface area (Å²) in [6.45, 7) is -0.0866. The van der Waals surface area contributed by atoms with Gasteiger partial charge < -0.3 is 9.47 Å². The van der Waals surface area contributed by atoms with E-state index in [9.17, 15) is 23.2 Å². The fraction of sp³-hybridized carbons (Fsp3) is 0.111. The van der Waals surface area contributed by atoms with E-state index < -0.39 is 17.3 Å². The smallest absolute Gasteiger partial charge is 0.416 e. The monoisotopic (exact) mass is 519 g/mol. The maximum atomic E-state index is 12.9. The first kappa shape index (κ1) is 26.0. The van der Waals surface area contributed by atoms with E-state index in [1.54, 1.807) is 48.5 Å². The topological polar surface area (TPSA) is 112 Å². The lowest BCUT2D eigenvalue weighted by atomic mass is 10.1. The van der Waals surface area contributed by atoms with Crippen molar-refractivity contribution in [3.63, 3.8) is 0 Å². The molecule has 0 fully saturated rings. The fourth-order valence-corrected chi connectivity index (χ4v) is 3.49. The molecule has 38 heavy (non-hydrogen) atoms. The number of methoxy groups -OCH3 is 1. The van der Waals surface area contributed by atoms with Crippen LogP contribution >= 0.6 is 0 Å². The van der Waals surface area contributed by atoms with Gasteiger partial charge in [-0.1, -0.05) is 42.5 Å². The molecule has 0 amide bonds. The van der Waals surface area contributed by atoms with Crippen LogP contribution < -0.4 is 20.5 Å². The van der Waals surface area contributed by atoms with Gasteiger partial charge in [0.05, 0.1) is 24.6 Å². The molecule has 8 nitrogen and oxygen atoms in total. The first-order valence-electron chi connectivity index (χ1n) is 11.1. The Labute approximate surface area is 215 Å². The number of rotatable bonds is 8. The summed E-state index contributed by atoms with van der Waals surface area (Å²) in [6.07, 6.45) is -2.99. The van der Waals surface area contributed by atoms with Crippen molar-refractivity contribution in [3.8, 4) is 28.8 Å². The van der Waals surface area contributed by atoms with Crippen molar-refractivity contribution >= 4 is 12.2 Å². The summed E-state index contributed by atoms with van der Waals surface area (Å²) in [5.41, 5.74) is 2.95. The molecule has 0 unspecified atom stereocenters. The van der Waals surface area contributed by atoms with Crippen LogP contribution in [0.25, 0.3) is 11.3 Å². The van der Waals surface area contributed by atoms with Gasteiger partial charge in [-0.15, -0.1) is 0 Å². The predicted molar refractivity (Wildman–Crippen MR) is 135 cm³/mol. The highest BCUT2D eigenvalue weighted by Gasteiger charge is 2.30. The van der Waals surface area contributed by atoms with E-state index in [4.69, 9.17) is 9.47 Å². The summed E-state index contributed by atoms with van der Waals surface area (Å²) in [5.74, 6) is 0.718.